The summed E-state index contributed by atoms with van der Waals surface area (Å²) in [7, 11) is 0. The van der Waals surface area contributed by atoms with E-state index in [0.717, 1.165) is 19.4 Å². The van der Waals surface area contributed by atoms with Crippen molar-refractivity contribution in [3.05, 3.63) is 0 Å². The van der Waals surface area contributed by atoms with E-state index < -0.39 is 0 Å². The summed E-state index contributed by atoms with van der Waals surface area (Å²) in [4.78, 5) is 11.6. The minimum Gasteiger partial charge on any atom is -0.463 e. The smallest absolute Gasteiger partial charge is 0.305 e. The summed E-state index contributed by atoms with van der Waals surface area (Å²) < 4.78 is 10.6. The Balaban J connectivity index is 3.12. The van der Waals surface area contributed by atoms with Gasteiger partial charge in [-0.3, -0.25) is 4.79 Å². The molecule has 0 aromatic heterocycles. The van der Waals surface area contributed by atoms with Crippen molar-refractivity contribution in [2.24, 2.45) is 5.92 Å². The fourth-order valence-corrected chi connectivity index (χ4v) is 3.25. The molecule has 0 atom stereocenters. The normalized spacial score (nSPS) is 11.3. The first kappa shape index (κ1) is 26.4. The molecule has 0 N–H and O–H groups in total. The Kier molecular flexibility index (Phi) is 21.3. The topological polar surface area (TPSA) is 35.5 Å². The maximum Gasteiger partial charge on any atom is 0.305 e. The van der Waals surface area contributed by atoms with E-state index in [9.17, 15) is 4.79 Å². The van der Waals surface area contributed by atoms with Crippen LogP contribution in [-0.2, 0) is 14.3 Å². The Morgan fingerprint density at radius 1 is 0.667 bits per heavy atom. The van der Waals surface area contributed by atoms with Gasteiger partial charge in [-0.1, -0.05) is 111 Å². The summed E-state index contributed by atoms with van der Waals surface area (Å²) in [5.74, 6) is 0.457. The molecule has 0 heterocycles. The van der Waals surface area contributed by atoms with Crippen LogP contribution in [0, 0.1) is 5.92 Å². The van der Waals surface area contributed by atoms with Crippen LogP contribution >= 0.6 is 0 Å². The van der Waals surface area contributed by atoms with E-state index >= 15 is 0 Å². The Hall–Kier alpha value is -0.570. The number of carbonyl (C=O) groups excluding carboxylic acids is 1. The molecule has 27 heavy (non-hydrogen) atoms. The van der Waals surface area contributed by atoms with Crippen molar-refractivity contribution in [2.45, 2.75) is 124 Å². The first-order chi connectivity index (χ1) is 13.2. The van der Waals surface area contributed by atoms with E-state index in [1.54, 1.807) is 0 Å². The summed E-state index contributed by atoms with van der Waals surface area (Å²) in [6, 6.07) is 0. The largest absolute Gasteiger partial charge is 0.463 e. The molecule has 0 fully saturated rings. The molecule has 0 aliphatic carbocycles. The molecule has 0 radical (unpaired) electrons. The van der Waals surface area contributed by atoms with Crippen LogP contribution in [0.1, 0.15) is 124 Å². The molecule has 0 spiro atoms. The second kappa shape index (κ2) is 21.7. The molecular weight excluding hydrogens is 336 g/mol. The van der Waals surface area contributed by atoms with Gasteiger partial charge >= 0.3 is 5.97 Å². The van der Waals surface area contributed by atoms with Gasteiger partial charge in [0.05, 0.1) is 6.61 Å². The summed E-state index contributed by atoms with van der Waals surface area (Å²) in [5.41, 5.74) is 0. The van der Waals surface area contributed by atoms with Gasteiger partial charge in [-0.25, -0.2) is 0 Å². The lowest BCUT2D eigenvalue weighted by molar-refractivity contribution is -0.145. The predicted molar refractivity (Wildman–Crippen MR) is 116 cm³/mol. The van der Waals surface area contributed by atoms with Gasteiger partial charge in [-0.15, -0.1) is 0 Å². The third-order valence-corrected chi connectivity index (χ3v) is 4.93. The molecule has 0 saturated heterocycles. The lowest BCUT2D eigenvalue weighted by atomic mass is 10.0. The number of esters is 1. The van der Waals surface area contributed by atoms with E-state index in [0.29, 0.717) is 25.6 Å². The molecule has 0 aromatic carbocycles. The van der Waals surface area contributed by atoms with Gasteiger partial charge in [0.2, 0.25) is 0 Å². The molecular formula is C24H48O3. The van der Waals surface area contributed by atoms with E-state index in [1.165, 1.54) is 83.5 Å². The summed E-state index contributed by atoms with van der Waals surface area (Å²) in [6.07, 6.45) is 20.7. The van der Waals surface area contributed by atoms with Crippen molar-refractivity contribution in [1.29, 1.82) is 0 Å². The predicted octanol–water partition coefficient (Wildman–Crippen LogP) is 7.46. The summed E-state index contributed by atoms with van der Waals surface area (Å²) >= 11 is 0. The highest BCUT2D eigenvalue weighted by atomic mass is 16.6. The third-order valence-electron chi connectivity index (χ3n) is 4.93. The van der Waals surface area contributed by atoms with Crippen LogP contribution in [0.2, 0.25) is 0 Å². The number of ether oxygens (including phenoxy) is 2. The fourth-order valence-electron chi connectivity index (χ4n) is 3.25. The summed E-state index contributed by atoms with van der Waals surface area (Å²) in [5, 5.41) is 0. The third kappa shape index (κ3) is 23.4. The SMILES string of the molecule is CCCCCCCCCCCCCCCCCC(=O)OCCOCC(C)C. The minimum absolute atomic E-state index is 0.0714. The first-order valence-electron chi connectivity index (χ1n) is 11.9. The zero-order valence-electron chi connectivity index (χ0n) is 18.7. The number of hydrogen-bond acceptors (Lipinski definition) is 3. The number of unbranched alkanes of at least 4 members (excludes halogenated alkanes) is 14. The van der Waals surface area contributed by atoms with Gasteiger partial charge in [0.25, 0.3) is 0 Å². The van der Waals surface area contributed by atoms with Gasteiger partial charge in [0.1, 0.15) is 6.61 Å². The Bertz CT molecular complexity index is 302. The highest BCUT2D eigenvalue weighted by molar-refractivity contribution is 5.69. The van der Waals surface area contributed by atoms with Crippen LogP contribution in [0.5, 0.6) is 0 Å². The van der Waals surface area contributed by atoms with Crippen LogP contribution in [0.25, 0.3) is 0 Å². The minimum atomic E-state index is -0.0714. The number of rotatable bonds is 21. The second-order valence-corrected chi connectivity index (χ2v) is 8.39. The molecule has 0 saturated carbocycles. The van der Waals surface area contributed by atoms with Crippen molar-refractivity contribution in [2.75, 3.05) is 19.8 Å². The second-order valence-electron chi connectivity index (χ2n) is 8.39. The lowest BCUT2D eigenvalue weighted by Gasteiger charge is -2.07. The van der Waals surface area contributed by atoms with Crippen molar-refractivity contribution < 1.29 is 14.3 Å². The van der Waals surface area contributed by atoms with Crippen LogP contribution in [0.15, 0.2) is 0 Å². The zero-order valence-corrected chi connectivity index (χ0v) is 18.7. The van der Waals surface area contributed by atoms with E-state index in [-0.39, 0.29) is 5.97 Å². The van der Waals surface area contributed by atoms with Gasteiger partial charge < -0.3 is 9.47 Å². The monoisotopic (exact) mass is 384 g/mol. The van der Waals surface area contributed by atoms with Crippen molar-refractivity contribution >= 4 is 5.97 Å². The zero-order chi connectivity index (χ0) is 20.0. The van der Waals surface area contributed by atoms with Crippen LogP contribution in [0.4, 0.5) is 0 Å². The van der Waals surface area contributed by atoms with Crippen LogP contribution in [-0.4, -0.2) is 25.8 Å². The molecule has 0 rings (SSSR count). The van der Waals surface area contributed by atoms with E-state index in [1.807, 2.05) is 0 Å². The van der Waals surface area contributed by atoms with E-state index in [4.69, 9.17) is 9.47 Å². The van der Waals surface area contributed by atoms with Crippen molar-refractivity contribution in [1.82, 2.24) is 0 Å². The molecule has 0 aliphatic heterocycles. The highest BCUT2D eigenvalue weighted by Crippen LogP contribution is 2.13. The Morgan fingerprint density at radius 3 is 1.56 bits per heavy atom. The van der Waals surface area contributed by atoms with Crippen molar-refractivity contribution in [3.8, 4) is 0 Å². The molecule has 0 aliphatic rings. The molecule has 3 nitrogen and oxygen atoms in total. The standard InChI is InChI=1S/C24H48O3/c1-4-5-6-7-8-9-10-11-12-13-14-15-16-17-18-19-24(25)27-21-20-26-22-23(2)3/h23H,4-22H2,1-3H3. The highest BCUT2D eigenvalue weighted by Gasteiger charge is 2.03. The van der Waals surface area contributed by atoms with Gasteiger partial charge in [-0.05, 0) is 12.3 Å². The molecule has 0 aromatic rings. The fraction of sp³-hybridized carbons (Fsp3) is 0.958. The number of carbonyl (C=O) groups is 1. The Morgan fingerprint density at radius 2 is 1.11 bits per heavy atom. The van der Waals surface area contributed by atoms with Crippen molar-refractivity contribution in [3.63, 3.8) is 0 Å². The first-order valence-corrected chi connectivity index (χ1v) is 11.9. The molecule has 162 valence electrons. The summed E-state index contributed by atoms with van der Waals surface area (Å²) in [6.45, 7) is 8.15. The molecule has 0 unspecified atom stereocenters. The quantitative estimate of drug-likeness (QED) is 0.152. The van der Waals surface area contributed by atoms with Gasteiger partial charge in [0, 0.05) is 13.0 Å². The molecule has 3 heteroatoms. The van der Waals surface area contributed by atoms with Crippen LogP contribution in [0.3, 0.4) is 0 Å². The average Bonchev–Trinajstić information content (AvgIpc) is 2.64. The lowest BCUT2D eigenvalue weighted by Crippen LogP contribution is -2.12. The Labute approximate surface area is 170 Å². The number of hydrogen-bond donors (Lipinski definition) is 0. The van der Waals surface area contributed by atoms with Gasteiger partial charge in [0.15, 0.2) is 0 Å². The maximum absolute atomic E-state index is 11.6. The molecule has 0 amide bonds. The average molecular weight is 385 g/mol. The van der Waals surface area contributed by atoms with E-state index in [2.05, 4.69) is 20.8 Å². The molecule has 0 bridgehead atoms. The van der Waals surface area contributed by atoms with Crippen LogP contribution < -0.4 is 0 Å². The van der Waals surface area contributed by atoms with Gasteiger partial charge in [-0.2, -0.15) is 0 Å². The maximum atomic E-state index is 11.6.